The number of pyridine rings is 2. The van der Waals surface area contributed by atoms with E-state index >= 15 is 0 Å². The van der Waals surface area contributed by atoms with Gasteiger partial charge in [-0.1, -0.05) is 24.3 Å². The Hall–Kier alpha value is -3.05. The predicted octanol–water partition coefficient (Wildman–Crippen LogP) is 4.22. The number of hydrogen-bond donors (Lipinski definition) is 0. The summed E-state index contributed by atoms with van der Waals surface area (Å²) in [6.45, 7) is 4.40. The first-order valence-corrected chi connectivity index (χ1v) is 9.23. The average Bonchev–Trinajstić information content (AvgIpc) is 2.73. The van der Waals surface area contributed by atoms with Crippen LogP contribution in [-0.4, -0.2) is 41.5 Å². The number of amides is 1. The summed E-state index contributed by atoms with van der Waals surface area (Å²) in [4.78, 5) is 23.9. The molecule has 5 nitrogen and oxygen atoms in total. The highest BCUT2D eigenvalue weighted by Crippen LogP contribution is 2.23. The third-order valence-electron chi connectivity index (χ3n) is 4.90. The minimum Gasteiger partial charge on any atom is -0.382 e. The number of rotatable bonds is 6. The second-order valence-corrected chi connectivity index (χ2v) is 6.82. The van der Waals surface area contributed by atoms with Crippen molar-refractivity contribution < 1.29 is 9.53 Å². The monoisotopic (exact) mass is 375 g/mol. The molecule has 28 heavy (non-hydrogen) atoms. The Morgan fingerprint density at radius 2 is 1.93 bits per heavy atom. The van der Waals surface area contributed by atoms with E-state index in [0.717, 1.165) is 28.2 Å². The van der Waals surface area contributed by atoms with E-state index in [-0.39, 0.29) is 11.9 Å². The summed E-state index contributed by atoms with van der Waals surface area (Å²) in [6, 6.07) is 17.0. The second kappa shape index (κ2) is 8.76. The van der Waals surface area contributed by atoms with Gasteiger partial charge in [0, 0.05) is 37.2 Å². The molecule has 0 aliphatic heterocycles. The lowest BCUT2D eigenvalue weighted by molar-refractivity contribution is 0.0595. The van der Waals surface area contributed by atoms with E-state index in [9.17, 15) is 4.79 Å². The van der Waals surface area contributed by atoms with Gasteiger partial charge in [-0.05, 0) is 49.7 Å². The van der Waals surface area contributed by atoms with Crippen LogP contribution in [-0.2, 0) is 4.74 Å². The predicted molar refractivity (Wildman–Crippen MR) is 110 cm³/mol. The van der Waals surface area contributed by atoms with Crippen LogP contribution in [0.25, 0.3) is 11.3 Å². The van der Waals surface area contributed by atoms with Crippen molar-refractivity contribution in [2.75, 3.05) is 20.8 Å². The van der Waals surface area contributed by atoms with Gasteiger partial charge in [0.15, 0.2) is 0 Å². The van der Waals surface area contributed by atoms with Crippen molar-refractivity contribution in [1.29, 1.82) is 0 Å². The van der Waals surface area contributed by atoms with Crippen LogP contribution in [0.15, 0.2) is 60.8 Å². The van der Waals surface area contributed by atoms with Crippen LogP contribution in [0.3, 0.4) is 0 Å². The number of carbonyl (C=O) groups is 1. The number of aromatic nitrogens is 2. The zero-order valence-electron chi connectivity index (χ0n) is 16.7. The van der Waals surface area contributed by atoms with Gasteiger partial charge in [-0.3, -0.25) is 14.8 Å². The van der Waals surface area contributed by atoms with Crippen molar-refractivity contribution in [3.8, 4) is 11.3 Å². The molecule has 144 valence electrons. The maximum atomic E-state index is 13.2. The zero-order valence-corrected chi connectivity index (χ0v) is 16.7. The highest BCUT2D eigenvalue weighted by Gasteiger charge is 2.24. The molecule has 0 N–H and O–H groups in total. The summed E-state index contributed by atoms with van der Waals surface area (Å²) < 4.78 is 5.34. The quantitative estimate of drug-likeness (QED) is 0.647. The number of benzene rings is 1. The maximum Gasteiger partial charge on any atom is 0.254 e. The fourth-order valence-corrected chi connectivity index (χ4v) is 3.07. The molecule has 0 aliphatic carbocycles. The fraction of sp³-hybridized carbons (Fsp3) is 0.261. The molecule has 1 amide bonds. The van der Waals surface area contributed by atoms with E-state index in [1.165, 1.54) is 0 Å². The summed E-state index contributed by atoms with van der Waals surface area (Å²) in [5.74, 6) is -0.0848. The second-order valence-electron chi connectivity index (χ2n) is 6.82. The van der Waals surface area contributed by atoms with E-state index in [1.807, 2.05) is 68.4 Å². The highest BCUT2D eigenvalue weighted by molar-refractivity contribution is 5.95. The van der Waals surface area contributed by atoms with Gasteiger partial charge >= 0.3 is 0 Å². The van der Waals surface area contributed by atoms with Gasteiger partial charge in [0.2, 0.25) is 0 Å². The molecule has 1 aromatic carbocycles. The van der Waals surface area contributed by atoms with E-state index in [2.05, 4.69) is 9.97 Å². The summed E-state index contributed by atoms with van der Waals surface area (Å²) in [7, 11) is 3.40. The summed E-state index contributed by atoms with van der Waals surface area (Å²) in [5, 5.41) is 0. The van der Waals surface area contributed by atoms with Crippen LogP contribution in [0.4, 0.5) is 0 Å². The van der Waals surface area contributed by atoms with Crippen LogP contribution in [0.5, 0.6) is 0 Å². The molecule has 0 fully saturated rings. The Morgan fingerprint density at radius 3 is 2.61 bits per heavy atom. The highest BCUT2D eigenvalue weighted by atomic mass is 16.5. The van der Waals surface area contributed by atoms with E-state index in [4.69, 9.17) is 4.74 Å². The zero-order chi connectivity index (χ0) is 20.1. The maximum absolute atomic E-state index is 13.2. The third kappa shape index (κ3) is 4.26. The average molecular weight is 375 g/mol. The van der Waals surface area contributed by atoms with E-state index in [0.29, 0.717) is 12.2 Å². The SMILES string of the molecule is COCC(c1ccccn1)N(C)C(=O)c1cccc(-c2ccc(C)c(C)n2)c1. The molecule has 0 saturated heterocycles. The normalized spacial score (nSPS) is 11.9. The lowest BCUT2D eigenvalue weighted by Gasteiger charge is -2.27. The van der Waals surface area contributed by atoms with Gasteiger partial charge in [-0.2, -0.15) is 0 Å². The number of methoxy groups -OCH3 is 1. The number of nitrogens with zero attached hydrogens (tertiary/aromatic N) is 3. The molecular formula is C23H25N3O2. The Balaban J connectivity index is 1.90. The van der Waals surface area contributed by atoms with Gasteiger partial charge in [-0.15, -0.1) is 0 Å². The molecule has 3 aromatic rings. The van der Waals surface area contributed by atoms with Crippen molar-refractivity contribution in [3.63, 3.8) is 0 Å². The molecule has 5 heteroatoms. The van der Waals surface area contributed by atoms with Crippen molar-refractivity contribution in [2.24, 2.45) is 0 Å². The first kappa shape index (κ1) is 19.7. The minimum absolute atomic E-state index is 0.0848. The number of ether oxygens (including phenoxy) is 1. The molecule has 0 aliphatic rings. The Morgan fingerprint density at radius 1 is 1.11 bits per heavy atom. The van der Waals surface area contributed by atoms with Crippen molar-refractivity contribution >= 4 is 5.91 Å². The first-order chi connectivity index (χ1) is 13.5. The Labute approximate surface area is 166 Å². The summed E-state index contributed by atoms with van der Waals surface area (Å²) >= 11 is 0. The van der Waals surface area contributed by atoms with Crippen LogP contribution in [0, 0.1) is 13.8 Å². The van der Waals surface area contributed by atoms with Gasteiger partial charge in [0.25, 0.3) is 5.91 Å². The Kier molecular flexibility index (Phi) is 6.16. The minimum atomic E-state index is -0.262. The van der Waals surface area contributed by atoms with E-state index < -0.39 is 0 Å². The lowest BCUT2D eigenvalue weighted by atomic mass is 10.0. The molecule has 0 bridgehead atoms. The molecule has 2 heterocycles. The van der Waals surface area contributed by atoms with Crippen LogP contribution >= 0.6 is 0 Å². The smallest absolute Gasteiger partial charge is 0.254 e. The van der Waals surface area contributed by atoms with Crippen molar-refractivity contribution in [1.82, 2.24) is 14.9 Å². The molecule has 0 spiro atoms. The molecule has 1 unspecified atom stereocenters. The largest absolute Gasteiger partial charge is 0.382 e. The number of aryl methyl sites for hydroxylation is 2. The first-order valence-electron chi connectivity index (χ1n) is 9.23. The fourth-order valence-electron chi connectivity index (χ4n) is 3.07. The number of likely N-dealkylation sites (N-methyl/N-ethyl adjacent to an activating group) is 1. The number of carbonyl (C=O) groups excluding carboxylic acids is 1. The summed E-state index contributed by atoms with van der Waals surface area (Å²) in [6.07, 6.45) is 1.72. The van der Waals surface area contributed by atoms with Gasteiger partial charge in [-0.25, -0.2) is 0 Å². The molecular weight excluding hydrogens is 350 g/mol. The lowest BCUT2D eigenvalue weighted by Crippen LogP contribution is -2.34. The number of hydrogen-bond acceptors (Lipinski definition) is 4. The van der Waals surface area contributed by atoms with Crippen molar-refractivity contribution in [2.45, 2.75) is 19.9 Å². The summed E-state index contributed by atoms with van der Waals surface area (Å²) in [5.41, 5.74) is 5.32. The van der Waals surface area contributed by atoms with Crippen LogP contribution in [0.1, 0.15) is 33.4 Å². The molecule has 3 rings (SSSR count). The van der Waals surface area contributed by atoms with Gasteiger partial charge < -0.3 is 9.64 Å². The van der Waals surface area contributed by atoms with E-state index in [1.54, 1.807) is 25.3 Å². The molecule has 0 saturated carbocycles. The topological polar surface area (TPSA) is 55.3 Å². The standard InChI is InChI=1S/C23H25N3O2/c1-16-11-12-20(25-17(16)2)18-8-7-9-19(14-18)23(27)26(3)22(15-28-4)21-10-5-6-13-24-21/h5-14,22H,15H2,1-4H3. The van der Waals surface area contributed by atoms with Gasteiger partial charge in [0.05, 0.1) is 24.0 Å². The Bertz CT molecular complexity index is 957. The molecule has 1 atom stereocenters. The van der Waals surface area contributed by atoms with Crippen molar-refractivity contribution in [3.05, 3.63) is 83.3 Å². The van der Waals surface area contributed by atoms with Crippen LogP contribution < -0.4 is 0 Å². The molecule has 2 aromatic heterocycles. The molecule has 0 radical (unpaired) electrons. The van der Waals surface area contributed by atoms with Gasteiger partial charge in [0.1, 0.15) is 0 Å². The van der Waals surface area contributed by atoms with Crippen LogP contribution in [0.2, 0.25) is 0 Å². The third-order valence-corrected chi connectivity index (χ3v) is 4.90.